The summed E-state index contributed by atoms with van der Waals surface area (Å²) in [4.78, 5) is 0. The first kappa shape index (κ1) is 12.9. The predicted molar refractivity (Wildman–Crippen MR) is 61.9 cm³/mol. The van der Waals surface area contributed by atoms with E-state index in [4.69, 9.17) is 4.74 Å². The van der Waals surface area contributed by atoms with Crippen LogP contribution in [0.25, 0.3) is 0 Å². The molecule has 1 fully saturated rings. The van der Waals surface area contributed by atoms with Crippen molar-refractivity contribution in [1.29, 1.82) is 0 Å². The second kappa shape index (κ2) is 5.83. The molecule has 0 aromatic heterocycles. The Kier molecular flexibility index (Phi) is 5.03. The van der Waals surface area contributed by atoms with E-state index in [0.717, 1.165) is 39.0 Å². The number of aliphatic hydroxyl groups excluding tert-OH is 1. The number of rotatable bonds is 5. The Hall–Kier alpha value is -0.120. The average molecular weight is 215 g/mol. The van der Waals surface area contributed by atoms with E-state index in [2.05, 4.69) is 19.2 Å². The van der Waals surface area contributed by atoms with Crippen molar-refractivity contribution < 1.29 is 9.84 Å². The molecule has 3 heteroatoms. The van der Waals surface area contributed by atoms with Crippen molar-refractivity contribution in [2.45, 2.75) is 52.2 Å². The summed E-state index contributed by atoms with van der Waals surface area (Å²) < 4.78 is 5.32. The van der Waals surface area contributed by atoms with Crippen LogP contribution in [0.1, 0.15) is 40.0 Å². The molecule has 0 radical (unpaired) electrons. The van der Waals surface area contributed by atoms with Crippen molar-refractivity contribution >= 4 is 0 Å². The molecule has 0 bridgehead atoms. The highest BCUT2D eigenvalue weighted by Crippen LogP contribution is 2.25. The van der Waals surface area contributed by atoms with Crippen molar-refractivity contribution in [1.82, 2.24) is 5.32 Å². The van der Waals surface area contributed by atoms with Crippen LogP contribution in [-0.2, 0) is 4.74 Å². The van der Waals surface area contributed by atoms with E-state index in [0.29, 0.717) is 6.04 Å². The van der Waals surface area contributed by atoms with Gasteiger partial charge in [0, 0.05) is 31.2 Å². The van der Waals surface area contributed by atoms with E-state index in [-0.39, 0.29) is 11.5 Å². The topological polar surface area (TPSA) is 41.5 Å². The summed E-state index contributed by atoms with van der Waals surface area (Å²) in [5.41, 5.74) is -0.00168. The highest BCUT2D eigenvalue weighted by atomic mass is 16.5. The van der Waals surface area contributed by atoms with Gasteiger partial charge in [-0.3, -0.25) is 0 Å². The molecule has 1 rings (SSSR count). The third-order valence-corrected chi connectivity index (χ3v) is 3.83. The van der Waals surface area contributed by atoms with Gasteiger partial charge in [0.25, 0.3) is 0 Å². The van der Waals surface area contributed by atoms with E-state index < -0.39 is 0 Å². The molecule has 1 aliphatic rings. The molecule has 1 saturated heterocycles. The van der Waals surface area contributed by atoms with Gasteiger partial charge in [0.2, 0.25) is 0 Å². The molecule has 1 aliphatic heterocycles. The van der Waals surface area contributed by atoms with Gasteiger partial charge in [-0.15, -0.1) is 0 Å². The van der Waals surface area contributed by atoms with E-state index in [1.165, 1.54) is 0 Å². The smallest absolute Gasteiger partial charge is 0.0577 e. The van der Waals surface area contributed by atoms with Crippen molar-refractivity contribution in [2.75, 3.05) is 19.8 Å². The Labute approximate surface area is 93.2 Å². The zero-order valence-corrected chi connectivity index (χ0v) is 10.3. The van der Waals surface area contributed by atoms with E-state index in [1.54, 1.807) is 0 Å². The Balaban J connectivity index is 2.32. The van der Waals surface area contributed by atoms with Crippen LogP contribution in [0.3, 0.4) is 0 Å². The van der Waals surface area contributed by atoms with Gasteiger partial charge < -0.3 is 15.2 Å². The Morgan fingerprint density at radius 2 is 2.07 bits per heavy atom. The molecular weight excluding hydrogens is 190 g/mol. The maximum absolute atomic E-state index is 9.74. The van der Waals surface area contributed by atoms with Gasteiger partial charge in [-0.25, -0.2) is 0 Å². The highest BCUT2D eigenvalue weighted by molar-refractivity contribution is 4.83. The van der Waals surface area contributed by atoms with Gasteiger partial charge in [-0.2, -0.15) is 0 Å². The van der Waals surface area contributed by atoms with Crippen molar-refractivity contribution in [3.63, 3.8) is 0 Å². The molecule has 2 N–H and O–H groups in total. The van der Waals surface area contributed by atoms with E-state index in [9.17, 15) is 5.11 Å². The molecule has 0 aromatic rings. The molecule has 0 spiro atoms. The van der Waals surface area contributed by atoms with Crippen molar-refractivity contribution in [2.24, 2.45) is 5.41 Å². The first-order valence-electron chi connectivity index (χ1n) is 6.07. The van der Waals surface area contributed by atoms with Crippen LogP contribution < -0.4 is 5.32 Å². The number of aliphatic hydroxyl groups is 1. The minimum atomic E-state index is -0.255. The summed E-state index contributed by atoms with van der Waals surface area (Å²) in [6.07, 6.45) is 2.94. The molecule has 0 aromatic carbocycles. The lowest BCUT2D eigenvalue weighted by molar-refractivity contribution is 0.0366. The number of nitrogens with one attached hydrogen (secondary N) is 1. The summed E-state index contributed by atoms with van der Waals surface area (Å²) in [5, 5.41) is 13.3. The quantitative estimate of drug-likeness (QED) is 0.731. The molecule has 15 heavy (non-hydrogen) atoms. The third kappa shape index (κ3) is 3.74. The van der Waals surface area contributed by atoms with Gasteiger partial charge in [0.15, 0.2) is 0 Å². The van der Waals surface area contributed by atoms with E-state index in [1.807, 2.05) is 6.92 Å². The first-order chi connectivity index (χ1) is 7.08. The summed E-state index contributed by atoms with van der Waals surface area (Å²) in [5.74, 6) is 0. The van der Waals surface area contributed by atoms with Crippen molar-refractivity contribution in [3.05, 3.63) is 0 Å². The Morgan fingerprint density at radius 3 is 2.53 bits per heavy atom. The van der Waals surface area contributed by atoms with Gasteiger partial charge in [-0.1, -0.05) is 13.8 Å². The second-order valence-electron chi connectivity index (χ2n) is 4.95. The van der Waals surface area contributed by atoms with Gasteiger partial charge in [0.05, 0.1) is 6.10 Å². The highest BCUT2D eigenvalue weighted by Gasteiger charge is 2.28. The molecule has 2 unspecified atom stereocenters. The zero-order chi connectivity index (χ0) is 11.3. The van der Waals surface area contributed by atoms with Crippen LogP contribution >= 0.6 is 0 Å². The Morgan fingerprint density at radius 1 is 1.47 bits per heavy atom. The van der Waals surface area contributed by atoms with Crippen LogP contribution in [0.2, 0.25) is 0 Å². The van der Waals surface area contributed by atoms with Gasteiger partial charge in [-0.05, 0) is 26.2 Å². The molecular formula is C12H25NO2. The lowest BCUT2D eigenvalue weighted by Crippen LogP contribution is -2.45. The fourth-order valence-corrected chi connectivity index (χ4v) is 1.85. The minimum absolute atomic E-state index is 0.00168. The SMILES string of the molecule is CCC(C)(CNC1CCOCC1)C(C)O. The summed E-state index contributed by atoms with van der Waals surface area (Å²) in [7, 11) is 0. The third-order valence-electron chi connectivity index (χ3n) is 3.83. The van der Waals surface area contributed by atoms with Crippen LogP contribution in [-0.4, -0.2) is 37.0 Å². The molecule has 0 amide bonds. The Bertz CT molecular complexity index is 178. The second-order valence-corrected chi connectivity index (χ2v) is 4.95. The lowest BCUT2D eigenvalue weighted by atomic mass is 9.82. The summed E-state index contributed by atoms with van der Waals surface area (Å²) >= 11 is 0. The average Bonchev–Trinajstić information content (AvgIpc) is 2.27. The maximum atomic E-state index is 9.74. The summed E-state index contributed by atoms with van der Waals surface area (Å²) in [6.45, 7) is 8.80. The zero-order valence-electron chi connectivity index (χ0n) is 10.3. The van der Waals surface area contributed by atoms with Gasteiger partial charge in [0.1, 0.15) is 0 Å². The molecule has 0 aliphatic carbocycles. The minimum Gasteiger partial charge on any atom is -0.393 e. The lowest BCUT2D eigenvalue weighted by Gasteiger charge is -2.34. The molecule has 3 nitrogen and oxygen atoms in total. The molecule has 2 atom stereocenters. The number of hydrogen-bond donors (Lipinski definition) is 2. The molecule has 90 valence electrons. The fourth-order valence-electron chi connectivity index (χ4n) is 1.85. The normalized spacial score (nSPS) is 24.8. The van der Waals surface area contributed by atoms with Gasteiger partial charge >= 0.3 is 0 Å². The molecule has 0 saturated carbocycles. The summed E-state index contributed by atoms with van der Waals surface area (Å²) in [6, 6.07) is 0.573. The largest absolute Gasteiger partial charge is 0.393 e. The number of hydrogen-bond acceptors (Lipinski definition) is 3. The predicted octanol–water partition coefficient (Wildman–Crippen LogP) is 1.55. The van der Waals surface area contributed by atoms with E-state index >= 15 is 0 Å². The first-order valence-corrected chi connectivity index (χ1v) is 6.07. The standard InChI is InChI=1S/C12H25NO2/c1-4-12(3,10(2)14)9-13-11-5-7-15-8-6-11/h10-11,13-14H,4-9H2,1-3H3. The number of ether oxygens (including phenoxy) is 1. The maximum Gasteiger partial charge on any atom is 0.0577 e. The van der Waals surface area contributed by atoms with Crippen LogP contribution in [0.15, 0.2) is 0 Å². The molecule has 1 heterocycles. The van der Waals surface area contributed by atoms with Crippen molar-refractivity contribution in [3.8, 4) is 0 Å². The van der Waals surface area contributed by atoms with Crippen LogP contribution in [0.4, 0.5) is 0 Å². The monoisotopic (exact) mass is 215 g/mol. The fraction of sp³-hybridized carbons (Fsp3) is 1.00. The van der Waals surface area contributed by atoms with Crippen LogP contribution in [0.5, 0.6) is 0 Å². The van der Waals surface area contributed by atoms with Crippen LogP contribution in [0, 0.1) is 5.41 Å².